The number of ketones is 1. The summed E-state index contributed by atoms with van der Waals surface area (Å²) in [7, 11) is 0. The Morgan fingerprint density at radius 2 is 1.71 bits per heavy atom. The fraction of sp³-hybridized carbons (Fsp3) is 0.812. The standard InChI is InChI=1S/C16H28O/c1-2-3-4-5-6-7-8-9-10-14-16(17)15-12-11-13-15/h10,14-15H,2-9,11-13H2,1H3. The molecule has 0 aromatic heterocycles. The normalized spacial score (nSPS) is 16.3. The van der Waals surface area contributed by atoms with Gasteiger partial charge in [0, 0.05) is 5.92 Å². The molecule has 1 rings (SSSR count). The van der Waals surface area contributed by atoms with Gasteiger partial charge in [0.2, 0.25) is 0 Å². The maximum atomic E-state index is 11.5. The van der Waals surface area contributed by atoms with Gasteiger partial charge in [-0.1, -0.05) is 57.9 Å². The van der Waals surface area contributed by atoms with E-state index in [9.17, 15) is 4.79 Å². The Morgan fingerprint density at radius 3 is 2.29 bits per heavy atom. The highest BCUT2D eigenvalue weighted by atomic mass is 16.1. The van der Waals surface area contributed by atoms with Gasteiger partial charge in [-0.05, 0) is 31.8 Å². The number of hydrogen-bond donors (Lipinski definition) is 0. The van der Waals surface area contributed by atoms with Crippen LogP contribution >= 0.6 is 0 Å². The molecular formula is C16H28O. The van der Waals surface area contributed by atoms with Crippen LogP contribution in [0.15, 0.2) is 12.2 Å². The van der Waals surface area contributed by atoms with Gasteiger partial charge in [0.05, 0.1) is 0 Å². The van der Waals surface area contributed by atoms with E-state index in [0.717, 1.165) is 19.3 Å². The third-order valence-electron chi connectivity index (χ3n) is 3.76. The SMILES string of the molecule is CCCCCCCCCC=CC(=O)C1CCC1. The Labute approximate surface area is 107 Å². The zero-order valence-electron chi connectivity index (χ0n) is 11.4. The third kappa shape index (κ3) is 6.65. The van der Waals surface area contributed by atoms with Crippen LogP contribution in [0.4, 0.5) is 0 Å². The van der Waals surface area contributed by atoms with Crippen LogP contribution in [0.1, 0.15) is 77.6 Å². The van der Waals surface area contributed by atoms with Gasteiger partial charge in [-0.25, -0.2) is 0 Å². The molecule has 0 aliphatic heterocycles. The van der Waals surface area contributed by atoms with Crippen molar-refractivity contribution in [1.82, 2.24) is 0 Å². The molecule has 0 heterocycles. The number of allylic oxidation sites excluding steroid dienone is 2. The van der Waals surface area contributed by atoms with Crippen molar-refractivity contribution < 1.29 is 4.79 Å². The molecule has 17 heavy (non-hydrogen) atoms. The second-order valence-corrected chi connectivity index (χ2v) is 5.34. The second kappa shape index (κ2) is 9.44. The highest BCUT2D eigenvalue weighted by Crippen LogP contribution is 2.27. The van der Waals surface area contributed by atoms with Crippen LogP contribution in [0, 0.1) is 5.92 Å². The number of carbonyl (C=O) groups is 1. The lowest BCUT2D eigenvalue weighted by atomic mass is 9.82. The Hall–Kier alpha value is -0.590. The van der Waals surface area contributed by atoms with Crippen LogP contribution in [0.25, 0.3) is 0 Å². The average Bonchev–Trinajstić information content (AvgIpc) is 2.24. The first-order valence-corrected chi connectivity index (χ1v) is 7.55. The summed E-state index contributed by atoms with van der Waals surface area (Å²) < 4.78 is 0. The summed E-state index contributed by atoms with van der Waals surface area (Å²) in [6, 6.07) is 0. The van der Waals surface area contributed by atoms with Crippen molar-refractivity contribution in [2.75, 3.05) is 0 Å². The molecule has 0 aromatic carbocycles. The molecule has 0 unspecified atom stereocenters. The van der Waals surface area contributed by atoms with E-state index in [1.807, 2.05) is 6.08 Å². The molecule has 1 aliphatic carbocycles. The summed E-state index contributed by atoms with van der Waals surface area (Å²) in [5.41, 5.74) is 0. The van der Waals surface area contributed by atoms with Gasteiger partial charge in [-0.3, -0.25) is 4.79 Å². The maximum Gasteiger partial charge on any atom is 0.158 e. The lowest BCUT2D eigenvalue weighted by Crippen LogP contribution is -2.19. The monoisotopic (exact) mass is 236 g/mol. The minimum atomic E-state index is 0.374. The minimum Gasteiger partial charge on any atom is -0.295 e. The van der Waals surface area contributed by atoms with Crippen LogP contribution < -0.4 is 0 Å². The number of hydrogen-bond acceptors (Lipinski definition) is 1. The van der Waals surface area contributed by atoms with Crippen molar-refractivity contribution in [3.63, 3.8) is 0 Å². The van der Waals surface area contributed by atoms with Gasteiger partial charge in [-0.2, -0.15) is 0 Å². The van der Waals surface area contributed by atoms with Gasteiger partial charge in [0.15, 0.2) is 5.78 Å². The predicted octanol–water partition coefficient (Wildman–Crippen LogP) is 5.05. The van der Waals surface area contributed by atoms with Crippen LogP contribution in [0.5, 0.6) is 0 Å². The van der Waals surface area contributed by atoms with E-state index in [4.69, 9.17) is 0 Å². The molecule has 98 valence electrons. The van der Waals surface area contributed by atoms with E-state index in [-0.39, 0.29) is 0 Å². The average molecular weight is 236 g/mol. The summed E-state index contributed by atoms with van der Waals surface area (Å²) in [5, 5.41) is 0. The van der Waals surface area contributed by atoms with Gasteiger partial charge in [0.1, 0.15) is 0 Å². The molecule has 0 N–H and O–H groups in total. The lowest BCUT2D eigenvalue weighted by molar-refractivity contribution is -0.120. The van der Waals surface area contributed by atoms with Crippen molar-refractivity contribution in [2.24, 2.45) is 5.92 Å². The molecule has 0 spiro atoms. The molecule has 0 saturated heterocycles. The minimum absolute atomic E-state index is 0.374. The first-order valence-electron chi connectivity index (χ1n) is 7.55. The van der Waals surface area contributed by atoms with Gasteiger partial charge < -0.3 is 0 Å². The van der Waals surface area contributed by atoms with E-state index in [1.54, 1.807) is 0 Å². The highest BCUT2D eigenvalue weighted by Gasteiger charge is 2.22. The van der Waals surface area contributed by atoms with Crippen molar-refractivity contribution >= 4 is 5.78 Å². The molecule has 0 aromatic rings. The topological polar surface area (TPSA) is 17.1 Å². The number of unbranched alkanes of at least 4 members (excludes halogenated alkanes) is 7. The van der Waals surface area contributed by atoms with Crippen LogP contribution in [-0.4, -0.2) is 5.78 Å². The van der Waals surface area contributed by atoms with Crippen molar-refractivity contribution in [3.8, 4) is 0 Å². The summed E-state index contributed by atoms with van der Waals surface area (Å²) in [4.78, 5) is 11.5. The van der Waals surface area contributed by atoms with E-state index in [1.165, 1.54) is 51.4 Å². The molecular weight excluding hydrogens is 208 g/mol. The zero-order valence-corrected chi connectivity index (χ0v) is 11.4. The van der Waals surface area contributed by atoms with E-state index >= 15 is 0 Å². The first kappa shape index (κ1) is 14.5. The molecule has 0 amide bonds. The number of rotatable bonds is 10. The molecule has 0 atom stereocenters. The van der Waals surface area contributed by atoms with Crippen molar-refractivity contribution in [2.45, 2.75) is 77.6 Å². The zero-order chi connectivity index (χ0) is 12.3. The quantitative estimate of drug-likeness (QED) is 0.383. The summed E-state index contributed by atoms with van der Waals surface area (Å²) in [5.74, 6) is 0.750. The number of carbonyl (C=O) groups excluding carboxylic acids is 1. The Bertz CT molecular complexity index is 226. The largest absolute Gasteiger partial charge is 0.295 e. The fourth-order valence-corrected chi connectivity index (χ4v) is 2.25. The second-order valence-electron chi connectivity index (χ2n) is 5.34. The van der Waals surface area contributed by atoms with E-state index in [0.29, 0.717) is 11.7 Å². The van der Waals surface area contributed by atoms with Crippen molar-refractivity contribution in [1.29, 1.82) is 0 Å². The molecule has 1 nitrogen and oxygen atoms in total. The Kier molecular flexibility index (Phi) is 8.04. The van der Waals surface area contributed by atoms with Crippen LogP contribution in [0.2, 0.25) is 0 Å². The van der Waals surface area contributed by atoms with Crippen LogP contribution in [0.3, 0.4) is 0 Å². The molecule has 1 fully saturated rings. The molecule has 1 aliphatic rings. The fourth-order valence-electron chi connectivity index (χ4n) is 2.25. The lowest BCUT2D eigenvalue weighted by Gasteiger charge is -2.21. The molecule has 1 heteroatoms. The molecule has 0 radical (unpaired) electrons. The smallest absolute Gasteiger partial charge is 0.158 e. The summed E-state index contributed by atoms with van der Waals surface area (Å²) in [6.07, 6.45) is 18.0. The maximum absolute atomic E-state index is 11.5. The first-order chi connectivity index (χ1) is 8.34. The summed E-state index contributed by atoms with van der Waals surface area (Å²) >= 11 is 0. The molecule has 0 bridgehead atoms. The Balaban J connectivity index is 1.86. The van der Waals surface area contributed by atoms with E-state index < -0.39 is 0 Å². The van der Waals surface area contributed by atoms with Gasteiger partial charge >= 0.3 is 0 Å². The van der Waals surface area contributed by atoms with Crippen molar-refractivity contribution in [3.05, 3.63) is 12.2 Å². The molecule has 1 saturated carbocycles. The highest BCUT2D eigenvalue weighted by molar-refractivity contribution is 5.92. The van der Waals surface area contributed by atoms with Gasteiger partial charge in [0.25, 0.3) is 0 Å². The van der Waals surface area contributed by atoms with Crippen LogP contribution in [-0.2, 0) is 4.79 Å². The third-order valence-corrected chi connectivity index (χ3v) is 3.76. The summed E-state index contributed by atoms with van der Waals surface area (Å²) in [6.45, 7) is 2.25. The Morgan fingerprint density at radius 1 is 1.06 bits per heavy atom. The van der Waals surface area contributed by atoms with Gasteiger partial charge in [-0.15, -0.1) is 0 Å². The predicted molar refractivity (Wildman–Crippen MR) is 74.1 cm³/mol. The van der Waals surface area contributed by atoms with E-state index in [2.05, 4.69) is 13.0 Å².